The third-order valence-corrected chi connectivity index (χ3v) is 8.78. The molecule has 3 heterocycles. The number of nitrogens with one attached hydrogen (secondary N) is 1. The van der Waals surface area contributed by atoms with Gasteiger partial charge in [0.25, 0.3) is 5.91 Å². The second-order valence-electron chi connectivity index (χ2n) is 10.4. The van der Waals surface area contributed by atoms with Gasteiger partial charge in [0, 0.05) is 59.2 Å². The molecule has 42 heavy (non-hydrogen) atoms. The van der Waals surface area contributed by atoms with Crippen LogP contribution in [0.4, 0.5) is 17.1 Å². The van der Waals surface area contributed by atoms with Crippen LogP contribution < -0.4 is 19.9 Å². The molecule has 2 aliphatic heterocycles. The van der Waals surface area contributed by atoms with Crippen molar-refractivity contribution in [2.75, 3.05) is 54.5 Å². The van der Waals surface area contributed by atoms with E-state index in [4.69, 9.17) is 37.4 Å². The minimum Gasteiger partial charge on any atom is -0.491 e. The molecule has 2 saturated heterocycles. The average molecular weight is 625 g/mol. The molecular weight excluding hydrogens is 593 g/mol. The van der Waals surface area contributed by atoms with Crippen molar-refractivity contribution in [1.82, 2.24) is 0 Å². The van der Waals surface area contributed by atoms with Crippen LogP contribution in [0.1, 0.15) is 22.8 Å². The summed E-state index contributed by atoms with van der Waals surface area (Å²) in [5.41, 5.74) is 4.54. The van der Waals surface area contributed by atoms with Gasteiger partial charge in [-0.3, -0.25) is 4.79 Å². The molecule has 0 aliphatic carbocycles. The van der Waals surface area contributed by atoms with Crippen LogP contribution in [-0.4, -0.2) is 51.4 Å². The number of benzene rings is 3. The highest BCUT2D eigenvalue weighted by molar-refractivity contribution is 7.08. The first kappa shape index (κ1) is 28.8. The van der Waals surface area contributed by atoms with E-state index in [9.17, 15) is 4.79 Å². The monoisotopic (exact) mass is 623 g/mol. The minimum absolute atomic E-state index is 0.0857. The number of thiophene rings is 1. The summed E-state index contributed by atoms with van der Waals surface area (Å²) in [6.45, 7) is 6.28. The molecule has 2 aliphatic rings. The van der Waals surface area contributed by atoms with E-state index in [1.54, 1.807) is 12.1 Å². The van der Waals surface area contributed by atoms with Crippen molar-refractivity contribution < 1.29 is 19.0 Å². The molecule has 0 bridgehead atoms. The molecule has 1 aromatic heterocycles. The molecule has 7 nitrogen and oxygen atoms in total. The maximum atomic E-state index is 12.3. The van der Waals surface area contributed by atoms with Gasteiger partial charge in [-0.15, -0.1) is 0 Å². The lowest BCUT2D eigenvalue weighted by Crippen LogP contribution is -2.46. The van der Waals surface area contributed by atoms with Gasteiger partial charge in [-0.1, -0.05) is 29.3 Å². The van der Waals surface area contributed by atoms with E-state index >= 15 is 0 Å². The molecule has 10 heteroatoms. The van der Waals surface area contributed by atoms with Crippen LogP contribution in [0.25, 0.3) is 0 Å². The van der Waals surface area contributed by atoms with Gasteiger partial charge in [-0.2, -0.15) is 11.3 Å². The molecule has 0 saturated carbocycles. The first-order chi connectivity index (χ1) is 20.4. The van der Waals surface area contributed by atoms with Crippen LogP contribution in [-0.2, 0) is 15.3 Å². The van der Waals surface area contributed by atoms with Gasteiger partial charge in [-0.25, -0.2) is 0 Å². The number of hydrogen-bond donors (Lipinski definition) is 1. The molecule has 0 radical (unpaired) electrons. The molecule has 2 atom stereocenters. The number of halogens is 2. The van der Waals surface area contributed by atoms with Crippen molar-refractivity contribution in [1.29, 1.82) is 0 Å². The Hall–Kier alpha value is -3.27. The summed E-state index contributed by atoms with van der Waals surface area (Å²) in [5.74, 6) is -0.244. The van der Waals surface area contributed by atoms with E-state index in [-0.39, 0.29) is 12.0 Å². The number of carbonyl (C=O) groups excluding carboxylic acids is 1. The molecule has 3 aromatic carbocycles. The van der Waals surface area contributed by atoms with Crippen LogP contribution >= 0.6 is 34.5 Å². The number of ether oxygens (including phenoxy) is 3. The van der Waals surface area contributed by atoms with E-state index in [1.807, 2.05) is 54.1 Å². The van der Waals surface area contributed by atoms with Crippen LogP contribution in [0.5, 0.6) is 5.75 Å². The molecule has 0 spiro atoms. The molecule has 2 fully saturated rings. The summed E-state index contributed by atoms with van der Waals surface area (Å²) in [4.78, 5) is 17.0. The molecule has 0 unspecified atom stereocenters. The normalized spacial score (nSPS) is 20.5. The Morgan fingerprint density at radius 1 is 0.976 bits per heavy atom. The number of piperazine rings is 1. The maximum Gasteiger partial charge on any atom is 0.256 e. The van der Waals surface area contributed by atoms with Gasteiger partial charge in [0.15, 0.2) is 5.79 Å². The molecule has 4 aromatic rings. The van der Waals surface area contributed by atoms with Crippen molar-refractivity contribution >= 4 is 57.5 Å². The molecule has 218 valence electrons. The van der Waals surface area contributed by atoms with Gasteiger partial charge >= 0.3 is 0 Å². The van der Waals surface area contributed by atoms with Gasteiger partial charge in [0.2, 0.25) is 0 Å². The first-order valence-corrected chi connectivity index (χ1v) is 15.5. The van der Waals surface area contributed by atoms with Crippen LogP contribution in [0.2, 0.25) is 10.0 Å². The van der Waals surface area contributed by atoms with Crippen molar-refractivity contribution in [3.63, 3.8) is 0 Å². The van der Waals surface area contributed by atoms with Crippen LogP contribution in [0, 0.1) is 0 Å². The number of carbonyl (C=O) groups is 1. The van der Waals surface area contributed by atoms with Gasteiger partial charge in [-0.05, 0) is 79.0 Å². The smallest absolute Gasteiger partial charge is 0.256 e. The van der Waals surface area contributed by atoms with Crippen molar-refractivity contribution in [2.24, 2.45) is 0 Å². The zero-order chi connectivity index (χ0) is 29.1. The number of amides is 1. The summed E-state index contributed by atoms with van der Waals surface area (Å²) in [6.07, 6.45) is -0.222. The quantitative estimate of drug-likeness (QED) is 0.222. The third-order valence-electron chi connectivity index (χ3n) is 7.55. The molecule has 1 N–H and O–H groups in total. The Labute approximate surface area is 259 Å². The van der Waals surface area contributed by atoms with E-state index in [2.05, 4.69) is 39.4 Å². The number of rotatable bonds is 8. The maximum absolute atomic E-state index is 12.3. The lowest BCUT2D eigenvalue weighted by atomic mass is 10.1. The SMILES string of the molecule is C[C@]1(c2ccc(Cl)cc2Cl)OC[C@@H](COc2ccc(N3CCN(c4ccc(NC(=O)c5ccsc5)cc4)CC3)cc2)O1. The predicted octanol–water partition coefficient (Wildman–Crippen LogP) is 7.30. The van der Waals surface area contributed by atoms with E-state index < -0.39 is 5.79 Å². The highest BCUT2D eigenvalue weighted by atomic mass is 35.5. The fourth-order valence-electron chi connectivity index (χ4n) is 5.24. The topological polar surface area (TPSA) is 63.3 Å². The number of hydrogen-bond acceptors (Lipinski definition) is 7. The first-order valence-electron chi connectivity index (χ1n) is 13.8. The number of nitrogens with zero attached hydrogens (tertiary/aromatic N) is 2. The summed E-state index contributed by atoms with van der Waals surface area (Å²) in [6, 6.07) is 23.4. The van der Waals surface area contributed by atoms with Gasteiger partial charge in [0.1, 0.15) is 18.5 Å². The second-order valence-corrected chi connectivity index (χ2v) is 12.0. The summed E-state index contributed by atoms with van der Waals surface area (Å²) >= 11 is 13.9. The Balaban J connectivity index is 0.966. The molecular formula is C32H31Cl2N3O4S. The largest absolute Gasteiger partial charge is 0.491 e. The summed E-state index contributed by atoms with van der Waals surface area (Å²) in [7, 11) is 0. The third kappa shape index (κ3) is 6.53. The van der Waals surface area contributed by atoms with Crippen molar-refractivity contribution in [2.45, 2.75) is 18.8 Å². The molecule has 1 amide bonds. The standard InChI is InChI=1S/C32H31Cl2N3O4S/c1-32(29-11-2-23(33)18-30(29)34)40-20-28(41-32)19-39-27-9-7-26(8-10-27)37-15-13-36(14-16-37)25-5-3-24(4-6-25)35-31(38)22-12-17-42-21-22/h2-12,17-18,21,28H,13-16,19-20H2,1H3,(H,35,38)/t28-,32+/m1/s1. The zero-order valence-corrected chi connectivity index (χ0v) is 25.4. The minimum atomic E-state index is -0.941. The number of anilines is 3. The summed E-state index contributed by atoms with van der Waals surface area (Å²) < 4.78 is 18.2. The van der Waals surface area contributed by atoms with E-state index in [0.717, 1.165) is 48.9 Å². The fraction of sp³-hybridized carbons (Fsp3) is 0.281. The average Bonchev–Trinajstić information content (AvgIpc) is 3.68. The summed E-state index contributed by atoms with van der Waals surface area (Å²) in [5, 5.41) is 7.78. The van der Waals surface area contributed by atoms with Crippen LogP contribution in [0.15, 0.2) is 83.6 Å². The zero-order valence-electron chi connectivity index (χ0n) is 23.1. The van der Waals surface area contributed by atoms with Gasteiger partial charge in [0.05, 0.1) is 17.2 Å². The van der Waals surface area contributed by atoms with E-state index in [0.29, 0.717) is 28.8 Å². The lowest BCUT2D eigenvalue weighted by Gasteiger charge is -2.37. The van der Waals surface area contributed by atoms with Crippen molar-refractivity contribution in [3.8, 4) is 5.75 Å². The molecule has 6 rings (SSSR count). The fourth-order valence-corrected chi connectivity index (χ4v) is 6.45. The predicted molar refractivity (Wildman–Crippen MR) is 170 cm³/mol. The highest BCUT2D eigenvalue weighted by Gasteiger charge is 2.40. The van der Waals surface area contributed by atoms with E-state index in [1.165, 1.54) is 17.0 Å². The Morgan fingerprint density at radius 3 is 2.26 bits per heavy atom. The highest BCUT2D eigenvalue weighted by Crippen LogP contribution is 2.38. The van der Waals surface area contributed by atoms with Crippen LogP contribution in [0.3, 0.4) is 0 Å². The Bertz CT molecular complexity index is 1510. The second kappa shape index (κ2) is 12.5. The Morgan fingerprint density at radius 2 is 1.64 bits per heavy atom. The van der Waals surface area contributed by atoms with Gasteiger partial charge < -0.3 is 29.3 Å². The lowest BCUT2D eigenvalue weighted by molar-refractivity contribution is -0.164. The van der Waals surface area contributed by atoms with Crippen molar-refractivity contribution in [3.05, 3.63) is 105 Å². The Kier molecular flexibility index (Phi) is 8.60.